The third-order valence-corrected chi connectivity index (χ3v) is 3.71. The highest BCUT2D eigenvalue weighted by molar-refractivity contribution is 7.80. The molecule has 23 heavy (non-hydrogen) atoms. The quantitative estimate of drug-likeness (QED) is 0.646. The fourth-order valence-corrected chi connectivity index (χ4v) is 2.72. The molecule has 0 radical (unpaired) electrons. The Bertz CT molecular complexity index is 739. The van der Waals surface area contributed by atoms with Crippen molar-refractivity contribution in [3.8, 4) is 5.88 Å². The van der Waals surface area contributed by atoms with Gasteiger partial charge in [0.2, 0.25) is 11.0 Å². The SMILES string of the molecule is CCn1c(O)c(N=NC(=S)N[C@H](C)COC)c2cc(C)ccc21. The van der Waals surface area contributed by atoms with Gasteiger partial charge in [-0.05, 0) is 45.1 Å². The van der Waals surface area contributed by atoms with Crippen LogP contribution < -0.4 is 5.32 Å². The maximum atomic E-state index is 10.4. The van der Waals surface area contributed by atoms with E-state index in [0.29, 0.717) is 18.8 Å². The highest BCUT2D eigenvalue weighted by atomic mass is 32.1. The standard InChI is InChI=1S/C16H22N4O2S/c1-5-20-13-7-6-10(2)8-12(13)14(15(20)21)18-19-16(23)17-11(3)9-22-4/h6-8,11,21H,5,9H2,1-4H3,(H,17,23)/t11-/m1/s1. The average Bonchev–Trinajstić information content (AvgIpc) is 2.75. The molecule has 0 fully saturated rings. The first-order valence-electron chi connectivity index (χ1n) is 7.50. The van der Waals surface area contributed by atoms with E-state index in [2.05, 4.69) is 15.5 Å². The lowest BCUT2D eigenvalue weighted by Gasteiger charge is -2.11. The van der Waals surface area contributed by atoms with Crippen LogP contribution in [0.5, 0.6) is 5.88 Å². The summed E-state index contributed by atoms with van der Waals surface area (Å²) < 4.78 is 6.84. The molecule has 0 amide bonds. The summed E-state index contributed by atoms with van der Waals surface area (Å²) in [5, 5.41) is 22.7. The second kappa shape index (κ2) is 7.52. The molecule has 0 bridgehead atoms. The fraction of sp³-hybridized carbons (Fsp3) is 0.438. The number of thiocarbonyl (C=S) groups is 1. The van der Waals surface area contributed by atoms with Crippen molar-refractivity contribution < 1.29 is 9.84 Å². The minimum Gasteiger partial charge on any atom is -0.493 e. The van der Waals surface area contributed by atoms with Gasteiger partial charge >= 0.3 is 0 Å². The van der Waals surface area contributed by atoms with Gasteiger partial charge < -0.3 is 19.7 Å². The maximum absolute atomic E-state index is 10.4. The van der Waals surface area contributed by atoms with Crippen molar-refractivity contribution in [1.29, 1.82) is 0 Å². The lowest BCUT2D eigenvalue weighted by molar-refractivity contribution is 0.179. The third kappa shape index (κ3) is 3.86. The second-order valence-corrected chi connectivity index (χ2v) is 5.83. The van der Waals surface area contributed by atoms with Gasteiger partial charge in [-0.25, -0.2) is 0 Å². The largest absolute Gasteiger partial charge is 0.493 e. The Labute approximate surface area is 141 Å². The highest BCUT2D eigenvalue weighted by Crippen LogP contribution is 2.39. The number of aryl methyl sites for hydroxylation is 2. The van der Waals surface area contributed by atoms with Crippen LogP contribution in [0, 0.1) is 6.92 Å². The molecule has 0 aliphatic rings. The Balaban J connectivity index is 2.32. The molecular formula is C16H22N4O2S. The Morgan fingerprint density at radius 3 is 2.87 bits per heavy atom. The van der Waals surface area contributed by atoms with Crippen molar-refractivity contribution >= 4 is 33.9 Å². The molecular weight excluding hydrogens is 312 g/mol. The van der Waals surface area contributed by atoms with E-state index in [1.54, 1.807) is 11.7 Å². The zero-order valence-electron chi connectivity index (χ0n) is 13.8. The topological polar surface area (TPSA) is 71.1 Å². The molecule has 2 rings (SSSR count). The van der Waals surface area contributed by atoms with Gasteiger partial charge in [-0.15, -0.1) is 10.2 Å². The maximum Gasteiger partial charge on any atom is 0.220 e. The lowest BCUT2D eigenvalue weighted by atomic mass is 10.1. The number of hydrogen-bond donors (Lipinski definition) is 2. The molecule has 0 saturated carbocycles. The van der Waals surface area contributed by atoms with Crippen LogP contribution >= 0.6 is 12.2 Å². The number of nitrogens with zero attached hydrogens (tertiary/aromatic N) is 3. The number of fused-ring (bicyclic) bond motifs is 1. The molecule has 1 aromatic carbocycles. The third-order valence-electron chi connectivity index (χ3n) is 3.51. The Morgan fingerprint density at radius 2 is 2.22 bits per heavy atom. The molecule has 7 heteroatoms. The first kappa shape index (κ1) is 17.4. The first-order valence-corrected chi connectivity index (χ1v) is 7.91. The molecule has 2 N–H and O–H groups in total. The van der Waals surface area contributed by atoms with E-state index in [1.807, 2.05) is 39.0 Å². The zero-order valence-corrected chi connectivity index (χ0v) is 14.6. The van der Waals surface area contributed by atoms with Crippen molar-refractivity contribution in [1.82, 2.24) is 9.88 Å². The molecule has 1 atom stereocenters. The molecule has 1 heterocycles. The van der Waals surface area contributed by atoms with E-state index in [0.717, 1.165) is 16.5 Å². The molecule has 124 valence electrons. The van der Waals surface area contributed by atoms with Crippen LogP contribution in [0.25, 0.3) is 10.9 Å². The number of rotatable bonds is 5. The van der Waals surface area contributed by atoms with E-state index < -0.39 is 0 Å². The van der Waals surface area contributed by atoms with E-state index in [9.17, 15) is 5.11 Å². The number of ether oxygens (including phenoxy) is 1. The summed E-state index contributed by atoms with van der Waals surface area (Å²) in [5.41, 5.74) is 2.46. The van der Waals surface area contributed by atoms with Gasteiger partial charge in [0.05, 0.1) is 12.1 Å². The molecule has 0 spiro atoms. The second-order valence-electron chi connectivity index (χ2n) is 5.44. The van der Waals surface area contributed by atoms with Gasteiger partial charge in [-0.3, -0.25) is 0 Å². The van der Waals surface area contributed by atoms with Crippen LogP contribution in [0.15, 0.2) is 28.4 Å². The van der Waals surface area contributed by atoms with Crippen LogP contribution in [-0.4, -0.2) is 34.5 Å². The van der Waals surface area contributed by atoms with Crippen LogP contribution in [0.4, 0.5) is 5.69 Å². The molecule has 0 aliphatic carbocycles. The predicted octanol–water partition coefficient (Wildman–Crippen LogP) is 3.67. The monoisotopic (exact) mass is 334 g/mol. The van der Waals surface area contributed by atoms with Gasteiger partial charge in [-0.1, -0.05) is 11.6 Å². The highest BCUT2D eigenvalue weighted by Gasteiger charge is 2.16. The number of methoxy groups -OCH3 is 1. The van der Waals surface area contributed by atoms with Crippen molar-refractivity contribution in [2.45, 2.75) is 33.4 Å². The molecule has 0 saturated heterocycles. The van der Waals surface area contributed by atoms with Gasteiger partial charge in [0.1, 0.15) is 0 Å². The molecule has 0 unspecified atom stereocenters. The predicted molar refractivity (Wildman–Crippen MR) is 95.6 cm³/mol. The summed E-state index contributed by atoms with van der Waals surface area (Å²) in [6.07, 6.45) is 0. The van der Waals surface area contributed by atoms with Crippen molar-refractivity contribution in [2.75, 3.05) is 13.7 Å². The van der Waals surface area contributed by atoms with Crippen molar-refractivity contribution in [3.63, 3.8) is 0 Å². The van der Waals surface area contributed by atoms with Gasteiger partial charge in [0.25, 0.3) is 0 Å². The number of benzene rings is 1. The molecule has 2 aromatic rings. The molecule has 6 nitrogen and oxygen atoms in total. The lowest BCUT2D eigenvalue weighted by Crippen LogP contribution is -2.33. The van der Waals surface area contributed by atoms with Gasteiger partial charge in [-0.2, -0.15) is 0 Å². The number of azo groups is 1. The van der Waals surface area contributed by atoms with Gasteiger partial charge in [0.15, 0.2) is 5.69 Å². The Kier molecular flexibility index (Phi) is 5.68. The van der Waals surface area contributed by atoms with E-state index in [1.165, 1.54) is 0 Å². The first-order chi connectivity index (χ1) is 11.0. The van der Waals surface area contributed by atoms with Crippen LogP contribution in [0.2, 0.25) is 0 Å². The number of aromatic hydroxyl groups is 1. The van der Waals surface area contributed by atoms with E-state index in [-0.39, 0.29) is 17.0 Å². The number of nitrogens with one attached hydrogen (secondary N) is 1. The molecule has 1 aromatic heterocycles. The Hall–Kier alpha value is -1.99. The van der Waals surface area contributed by atoms with Crippen molar-refractivity contribution in [2.24, 2.45) is 10.2 Å². The summed E-state index contributed by atoms with van der Waals surface area (Å²) in [6.45, 7) is 7.08. The number of hydrogen-bond acceptors (Lipinski definition) is 4. The zero-order chi connectivity index (χ0) is 17.0. The summed E-state index contributed by atoms with van der Waals surface area (Å²) in [7, 11) is 1.63. The average molecular weight is 334 g/mol. The summed E-state index contributed by atoms with van der Waals surface area (Å²) in [4.78, 5) is 0. The van der Waals surface area contributed by atoms with Crippen LogP contribution in [0.1, 0.15) is 19.4 Å². The minimum atomic E-state index is 0.0410. The van der Waals surface area contributed by atoms with E-state index >= 15 is 0 Å². The van der Waals surface area contributed by atoms with Gasteiger partial charge in [0, 0.05) is 25.1 Å². The Morgan fingerprint density at radius 1 is 1.48 bits per heavy atom. The van der Waals surface area contributed by atoms with Crippen LogP contribution in [0.3, 0.4) is 0 Å². The smallest absolute Gasteiger partial charge is 0.220 e. The van der Waals surface area contributed by atoms with Crippen LogP contribution in [-0.2, 0) is 11.3 Å². The minimum absolute atomic E-state index is 0.0410. The normalized spacial score (nSPS) is 12.9. The summed E-state index contributed by atoms with van der Waals surface area (Å²) >= 11 is 5.16. The summed E-state index contributed by atoms with van der Waals surface area (Å²) in [5.74, 6) is 0.101. The number of aromatic nitrogens is 1. The fourth-order valence-electron chi connectivity index (χ4n) is 2.48. The van der Waals surface area contributed by atoms with E-state index in [4.69, 9.17) is 17.0 Å². The molecule has 0 aliphatic heterocycles. The summed E-state index contributed by atoms with van der Waals surface area (Å²) in [6, 6.07) is 6.01. The van der Waals surface area contributed by atoms with Crippen molar-refractivity contribution in [3.05, 3.63) is 23.8 Å².